The number of hydrogen-bond donors (Lipinski definition) is 1. The van der Waals surface area contributed by atoms with Crippen molar-refractivity contribution in [3.63, 3.8) is 0 Å². The molecule has 1 N–H and O–H groups in total. The molecule has 0 aromatic carbocycles. The molecule has 0 radical (unpaired) electrons. The third-order valence-electron chi connectivity index (χ3n) is 3.62. The second kappa shape index (κ2) is 5.81. The summed E-state index contributed by atoms with van der Waals surface area (Å²) in [5.41, 5.74) is -0.267. The Morgan fingerprint density at radius 2 is 2.13 bits per heavy atom. The molecule has 3 heterocycles. The van der Waals surface area contributed by atoms with E-state index in [0.29, 0.717) is 10.1 Å². The van der Waals surface area contributed by atoms with Crippen LogP contribution in [0.1, 0.15) is 45.3 Å². The van der Waals surface area contributed by atoms with Crippen LogP contribution in [0.15, 0.2) is 33.6 Å². The maximum Gasteiger partial charge on any atom is 0.275 e. The average Bonchev–Trinajstić information content (AvgIpc) is 3.10. The van der Waals surface area contributed by atoms with Crippen LogP contribution in [0.4, 0.5) is 5.13 Å². The number of rotatable bonds is 4. The summed E-state index contributed by atoms with van der Waals surface area (Å²) in [7, 11) is 0. The predicted molar refractivity (Wildman–Crippen MR) is 91.0 cm³/mol. The molecule has 23 heavy (non-hydrogen) atoms. The Hall–Kier alpha value is -2.15. The summed E-state index contributed by atoms with van der Waals surface area (Å²) in [6.07, 6.45) is 2.36. The first-order valence-electron chi connectivity index (χ1n) is 7.58. The fraction of sp³-hybridized carbons (Fsp3) is 0.438. The molecule has 6 nitrogen and oxygen atoms in total. The minimum atomic E-state index is -0.183. The summed E-state index contributed by atoms with van der Waals surface area (Å²) in [6.45, 7) is 8.47. The lowest BCUT2D eigenvalue weighted by atomic mass is 9.85. The van der Waals surface area contributed by atoms with E-state index in [1.54, 1.807) is 0 Å². The van der Waals surface area contributed by atoms with Crippen LogP contribution < -0.4 is 10.9 Å². The molecule has 3 aromatic heterocycles. The third-order valence-corrected chi connectivity index (χ3v) is 4.47. The highest BCUT2D eigenvalue weighted by molar-refractivity contribution is 7.20. The molecule has 0 saturated carbocycles. The van der Waals surface area contributed by atoms with Crippen LogP contribution in [0.2, 0.25) is 0 Å². The van der Waals surface area contributed by atoms with E-state index < -0.39 is 0 Å². The minimum absolute atomic E-state index is 0.0564. The van der Waals surface area contributed by atoms with E-state index in [4.69, 9.17) is 4.42 Å². The summed E-state index contributed by atoms with van der Waals surface area (Å²) in [5.74, 6) is 1.83. The van der Waals surface area contributed by atoms with Crippen LogP contribution in [0.25, 0.3) is 4.96 Å². The van der Waals surface area contributed by atoms with Gasteiger partial charge >= 0.3 is 0 Å². The van der Waals surface area contributed by atoms with Crippen molar-refractivity contribution >= 4 is 21.4 Å². The minimum Gasteiger partial charge on any atom is -0.464 e. The van der Waals surface area contributed by atoms with Crippen LogP contribution in [0.3, 0.4) is 0 Å². The van der Waals surface area contributed by atoms with Crippen molar-refractivity contribution < 1.29 is 4.42 Å². The largest absolute Gasteiger partial charge is 0.464 e. The van der Waals surface area contributed by atoms with Crippen LogP contribution in [-0.2, 0) is 6.42 Å². The maximum absolute atomic E-state index is 11.8. The predicted octanol–water partition coefficient (Wildman–Crippen LogP) is 3.51. The molecule has 0 fully saturated rings. The lowest BCUT2D eigenvalue weighted by molar-refractivity contribution is 0.298. The van der Waals surface area contributed by atoms with E-state index in [9.17, 15) is 4.79 Å². The van der Waals surface area contributed by atoms with Crippen LogP contribution in [0, 0.1) is 5.41 Å². The maximum atomic E-state index is 11.8. The lowest BCUT2D eigenvalue weighted by Gasteiger charge is -2.29. The van der Waals surface area contributed by atoms with Gasteiger partial charge in [0, 0.05) is 18.7 Å². The summed E-state index contributed by atoms with van der Waals surface area (Å²) in [4.78, 5) is 16.6. The Kier molecular flexibility index (Phi) is 3.97. The molecule has 3 rings (SSSR count). The molecule has 0 saturated heterocycles. The topological polar surface area (TPSA) is 72.4 Å². The van der Waals surface area contributed by atoms with Gasteiger partial charge in [0.2, 0.25) is 10.1 Å². The zero-order chi connectivity index (χ0) is 16.6. The summed E-state index contributed by atoms with van der Waals surface area (Å²) >= 11 is 1.35. The summed E-state index contributed by atoms with van der Waals surface area (Å²) in [6, 6.07) is 5.34. The first-order valence-corrected chi connectivity index (χ1v) is 8.40. The average molecular weight is 332 g/mol. The van der Waals surface area contributed by atoms with Crippen molar-refractivity contribution in [1.82, 2.24) is 14.6 Å². The van der Waals surface area contributed by atoms with Crippen LogP contribution in [0.5, 0.6) is 0 Å². The second-order valence-electron chi connectivity index (χ2n) is 6.49. The number of aryl methyl sites for hydroxylation is 1. The molecule has 0 aliphatic carbocycles. The van der Waals surface area contributed by atoms with Gasteiger partial charge in [0.15, 0.2) is 0 Å². The van der Waals surface area contributed by atoms with Gasteiger partial charge in [-0.2, -0.15) is 4.52 Å². The van der Waals surface area contributed by atoms with Gasteiger partial charge in [0.05, 0.1) is 6.04 Å². The Balaban J connectivity index is 1.97. The molecule has 3 aromatic rings. The number of hydrogen-bond acceptors (Lipinski definition) is 6. The van der Waals surface area contributed by atoms with Gasteiger partial charge in [0.1, 0.15) is 11.5 Å². The quantitative estimate of drug-likeness (QED) is 0.791. The number of anilines is 1. The molecular formula is C16H20N4O2S. The summed E-state index contributed by atoms with van der Waals surface area (Å²) < 4.78 is 7.23. The number of fused-ring (bicyclic) bond motifs is 1. The molecule has 0 unspecified atom stereocenters. The number of aromatic nitrogens is 3. The van der Waals surface area contributed by atoms with E-state index >= 15 is 0 Å². The van der Waals surface area contributed by atoms with Gasteiger partial charge in [-0.05, 0) is 17.5 Å². The molecule has 7 heteroatoms. The fourth-order valence-corrected chi connectivity index (χ4v) is 3.18. The number of nitrogens with one attached hydrogen (secondary N) is 1. The third kappa shape index (κ3) is 3.14. The Bertz CT molecular complexity index is 872. The molecular weight excluding hydrogens is 312 g/mol. The molecule has 0 amide bonds. The van der Waals surface area contributed by atoms with Crippen molar-refractivity contribution in [3.05, 3.63) is 46.3 Å². The first-order chi connectivity index (χ1) is 10.9. The number of nitrogens with zero attached hydrogens (tertiary/aromatic N) is 3. The van der Waals surface area contributed by atoms with Crippen molar-refractivity contribution in [2.45, 2.75) is 40.2 Å². The smallest absolute Gasteiger partial charge is 0.275 e. The zero-order valence-electron chi connectivity index (χ0n) is 13.7. The van der Waals surface area contributed by atoms with E-state index in [2.05, 4.69) is 43.1 Å². The molecule has 1 atom stereocenters. The number of furan rings is 1. The van der Waals surface area contributed by atoms with Gasteiger partial charge in [-0.15, -0.1) is 5.10 Å². The highest BCUT2D eigenvalue weighted by Crippen LogP contribution is 2.37. The Morgan fingerprint density at radius 1 is 1.35 bits per heavy atom. The fourth-order valence-electron chi connectivity index (χ4n) is 2.38. The van der Waals surface area contributed by atoms with Gasteiger partial charge in [-0.1, -0.05) is 39.0 Å². The molecule has 0 spiro atoms. The van der Waals surface area contributed by atoms with Crippen LogP contribution >= 0.6 is 11.3 Å². The van der Waals surface area contributed by atoms with Crippen molar-refractivity contribution in [2.75, 3.05) is 5.32 Å². The molecule has 0 bridgehead atoms. The second-order valence-corrected chi connectivity index (χ2v) is 7.44. The molecule has 0 aliphatic rings. The monoisotopic (exact) mass is 332 g/mol. The van der Waals surface area contributed by atoms with Crippen molar-refractivity contribution in [2.24, 2.45) is 5.41 Å². The highest BCUT2D eigenvalue weighted by atomic mass is 32.1. The van der Waals surface area contributed by atoms with Gasteiger partial charge in [-0.25, -0.2) is 4.98 Å². The van der Waals surface area contributed by atoms with Gasteiger partial charge in [-0.3, -0.25) is 4.79 Å². The Labute approximate surface area is 138 Å². The van der Waals surface area contributed by atoms with Gasteiger partial charge < -0.3 is 9.73 Å². The standard InChI is InChI=1S/C16H20N4O2S/c1-5-10-6-7-11(22-10)13(16(2,3)4)18-14-19-20-12(21)8-9-17-15(20)23-14/h6-9,13H,5H2,1-4H3,(H,18,19)/t13-/m1/s1. The van der Waals surface area contributed by atoms with Crippen molar-refractivity contribution in [1.29, 1.82) is 0 Å². The van der Waals surface area contributed by atoms with Gasteiger partial charge in [0.25, 0.3) is 5.56 Å². The highest BCUT2D eigenvalue weighted by Gasteiger charge is 2.30. The van der Waals surface area contributed by atoms with E-state index in [0.717, 1.165) is 17.9 Å². The van der Waals surface area contributed by atoms with Crippen molar-refractivity contribution in [3.8, 4) is 0 Å². The Morgan fingerprint density at radius 3 is 2.74 bits per heavy atom. The zero-order valence-corrected chi connectivity index (χ0v) is 14.5. The first kappa shape index (κ1) is 15.7. The molecule has 122 valence electrons. The van der Waals surface area contributed by atoms with E-state index in [1.165, 1.54) is 28.1 Å². The SMILES string of the molecule is CCc1ccc([C@@H](Nc2nn3c(=O)ccnc3s2)C(C)(C)C)o1. The lowest BCUT2D eigenvalue weighted by Crippen LogP contribution is -2.25. The molecule has 0 aliphatic heterocycles. The van der Waals surface area contributed by atoms with E-state index in [-0.39, 0.29) is 17.0 Å². The summed E-state index contributed by atoms with van der Waals surface area (Å²) in [5, 5.41) is 8.38. The normalized spacial score (nSPS) is 13.4. The van der Waals surface area contributed by atoms with Crippen LogP contribution in [-0.4, -0.2) is 14.6 Å². The van der Waals surface area contributed by atoms with E-state index in [1.807, 2.05) is 12.1 Å².